The van der Waals surface area contributed by atoms with Crippen LogP contribution in [0.25, 0.3) is 10.9 Å². The van der Waals surface area contributed by atoms with Gasteiger partial charge in [0.25, 0.3) is 0 Å². The minimum atomic E-state index is -3.23. The number of likely N-dealkylation sites (N-methyl/N-ethyl adjacent to an activating group) is 1. The molecule has 0 spiro atoms. The van der Waals surface area contributed by atoms with E-state index in [0.717, 1.165) is 29.4 Å². The number of sulfonamides is 1. The molecule has 1 aromatic heterocycles. The molecule has 0 fully saturated rings. The maximum atomic E-state index is 11.6. The number of carbonyl (C=O) groups is 2. The predicted octanol–water partition coefficient (Wildman–Crippen LogP) is -0.801. The fourth-order valence-corrected chi connectivity index (χ4v) is 3.19. The number of aliphatic hydroxyl groups excluding tert-OH is 2. The number of H-pyrrole nitrogens is 1. The molecule has 0 aliphatic rings. The minimum Gasteiger partial charge on any atom is -0.479 e. The molecule has 0 aliphatic carbocycles. The largest absolute Gasteiger partial charge is 0.479 e. The van der Waals surface area contributed by atoms with E-state index in [1.54, 1.807) is 0 Å². The zero-order valence-corrected chi connectivity index (χ0v) is 17.7. The molecule has 1 heterocycles. The Morgan fingerprint density at radius 1 is 1.13 bits per heavy atom. The Bertz CT molecular complexity index is 953. The third-order valence-electron chi connectivity index (χ3n) is 4.13. The number of aliphatic hydroxyl groups is 2. The lowest BCUT2D eigenvalue weighted by molar-refractivity contribution is -0.165. The van der Waals surface area contributed by atoms with Crippen molar-refractivity contribution in [1.29, 1.82) is 0 Å². The smallest absolute Gasteiger partial charge is 0.335 e. The zero-order chi connectivity index (χ0) is 23.1. The van der Waals surface area contributed by atoms with Crippen molar-refractivity contribution in [2.24, 2.45) is 0 Å². The Balaban J connectivity index is 0.000000382. The van der Waals surface area contributed by atoms with Crippen LogP contribution in [0.15, 0.2) is 24.4 Å². The van der Waals surface area contributed by atoms with E-state index in [1.165, 1.54) is 12.6 Å². The fraction of sp³-hybridized carbons (Fsp3) is 0.444. The third-order valence-corrected chi connectivity index (χ3v) is 5.47. The molecule has 11 nitrogen and oxygen atoms in total. The van der Waals surface area contributed by atoms with Gasteiger partial charge in [0.1, 0.15) is 0 Å². The number of carboxylic acid groups (broad SMARTS) is 2. The van der Waals surface area contributed by atoms with Gasteiger partial charge in [-0.15, -0.1) is 0 Å². The van der Waals surface area contributed by atoms with Crippen molar-refractivity contribution in [2.45, 2.75) is 24.4 Å². The van der Waals surface area contributed by atoms with E-state index in [2.05, 4.69) is 14.6 Å². The zero-order valence-electron chi connectivity index (χ0n) is 16.9. The highest BCUT2D eigenvalue weighted by Gasteiger charge is 2.29. The van der Waals surface area contributed by atoms with Gasteiger partial charge in [-0.25, -0.2) is 22.7 Å². The van der Waals surface area contributed by atoms with Gasteiger partial charge in [-0.1, -0.05) is 6.07 Å². The number of rotatable bonds is 9. The first kappa shape index (κ1) is 25.5. The van der Waals surface area contributed by atoms with E-state index < -0.39 is 34.2 Å². The quantitative estimate of drug-likeness (QED) is 0.288. The van der Waals surface area contributed by atoms with Gasteiger partial charge in [-0.2, -0.15) is 0 Å². The fourth-order valence-electron chi connectivity index (χ4n) is 2.43. The van der Waals surface area contributed by atoms with Crippen LogP contribution in [0.1, 0.15) is 11.1 Å². The summed E-state index contributed by atoms with van der Waals surface area (Å²) in [7, 11) is 2.29. The van der Waals surface area contributed by atoms with E-state index in [4.69, 9.17) is 20.4 Å². The molecule has 0 saturated carbocycles. The number of aromatic nitrogens is 1. The lowest BCUT2D eigenvalue weighted by atomic mass is 10.1. The highest BCUT2D eigenvalue weighted by Crippen LogP contribution is 2.21. The van der Waals surface area contributed by atoms with Gasteiger partial charge in [-0.3, -0.25) is 0 Å². The Morgan fingerprint density at radius 3 is 2.17 bits per heavy atom. The molecule has 2 rings (SSSR count). The second-order valence-electron chi connectivity index (χ2n) is 6.78. The SMILES string of the molecule is CNS(=O)(=O)Cc1ccc2[nH]cc(CCN(C)C)c2c1.O=C(O)C(O)C(O)C(=O)O. The first-order chi connectivity index (χ1) is 13.9. The molecule has 0 aliphatic heterocycles. The first-order valence-corrected chi connectivity index (χ1v) is 10.5. The van der Waals surface area contributed by atoms with Gasteiger partial charge < -0.3 is 30.3 Å². The number of aliphatic carboxylic acids is 2. The Kier molecular flexibility index (Phi) is 9.39. The lowest BCUT2D eigenvalue weighted by Crippen LogP contribution is -2.39. The van der Waals surface area contributed by atoms with Crippen LogP contribution >= 0.6 is 0 Å². The van der Waals surface area contributed by atoms with Crippen LogP contribution in [0.4, 0.5) is 0 Å². The average molecular weight is 445 g/mol. The number of fused-ring (bicyclic) bond motifs is 1. The molecule has 168 valence electrons. The normalized spacial score (nSPS) is 13.5. The number of carboxylic acids is 2. The Morgan fingerprint density at radius 2 is 1.70 bits per heavy atom. The summed E-state index contributed by atoms with van der Waals surface area (Å²) < 4.78 is 25.6. The van der Waals surface area contributed by atoms with Gasteiger partial charge >= 0.3 is 11.9 Å². The van der Waals surface area contributed by atoms with E-state index in [-0.39, 0.29) is 5.75 Å². The van der Waals surface area contributed by atoms with Crippen molar-refractivity contribution in [2.75, 3.05) is 27.7 Å². The molecule has 2 unspecified atom stereocenters. The standard InChI is InChI=1S/C14H21N3O2S.C4H6O6/c1-15-20(18,19)10-11-4-5-14-13(8-11)12(9-16-14)6-7-17(2)3;5-1(3(7)8)2(6)4(9)10/h4-5,8-9,15-16H,6-7,10H2,1-3H3;1-2,5-6H,(H,7,8)(H,9,10). The number of nitrogens with one attached hydrogen (secondary N) is 2. The molecule has 2 aromatic rings. The van der Waals surface area contributed by atoms with Gasteiger partial charge in [0.15, 0.2) is 12.2 Å². The van der Waals surface area contributed by atoms with Crippen LogP contribution in [0.5, 0.6) is 0 Å². The molecule has 0 bridgehead atoms. The maximum Gasteiger partial charge on any atom is 0.335 e. The van der Waals surface area contributed by atoms with Gasteiger partial charge in [0, 0.05) is 23.6 Å². The van der Waals surface area contributed by atoms with Crippen molar-refractivity contribution in [1.82, 2.24) is 14.6 Å². The summed E-state index contributed by atoms with van der Waals surface area (Å²) in [6.07, 6.45) is -1.59. The monoisotopic (exact) mass is 445 g/mol. The molecule has 12 heteroatoms. The molecule has 1 aromatic carbocycles. The maximum absolute atomic E-state index is 11.6. The number of nitrogens with zero attached hydrogens (tertiary/aromatic N) is 1. The van der Waals surface area contributed by atoms with Gasteiger partial charge in [0.2, 0.25) is 10.0 Å². The second kappa shape index (κ2) is 11.0. The molecule has 2 atom stereocenters. The van der Waals surface area contributed by atoms with Crippen LogP contribution < -0.4 is 4.72 Å². The molecular weight excluding hydrogens is 418 g/mol. The van der Waals surface area contributed by atoms with Gasteiger partial charge in [-0.05, 0) is 50.8 Å². The number of aromatic amines is 1. The summed E-state index contributed by atoms with van der Waals surface area (Å²) >= 11 is 0. The Labute approximate surface area is 174 Å². The minimum absolute atomic E-state index is 0.0116. The number of benzene rings is 1. The van der Waals surface area contributed by atoms with Crippen molar-refractivity contribution >= 4 is 32.9 Å². The average Bonchev–Trinajstić information content (AvgIpc) is 3.07. The molecule has 0 amide bonds. The lowest BCUT2D eigenvalue weighted by Gasteiger charge is -2.08. The predicted molar refractivity (Wildman–Crippen MR) is 110 cm³/mol. The second-order valence-corrected chi connectivity index (χ2v) is 8.70. The van der Waals surface area contributed by atoms with Crippen LogP contribution in [0, 0.1) is 0 Å². The molecule has 0 radical (unpaired) electrons. The van der Waals surface area contributed by atoms with Crippen LogP contribution in [0.3, 0.4) is 0 Å². The number of hydrogen-bond acceptors (Lipinski definition) is 7. The number of hydrogen-bond donors (Lipinski definition) is 6. The molecule has 0 saturated heterocycles. The van der Waals surface area contributed by atoms with Crippen molar-refractivity contribution in [3.63, 3.8) is 0 Å². The van der Waals surface area contributed by atoms with E-state index in [1.807, 2.05) is 38.5 Å². The highest BCUT2D eigenvalue weighted by atomic mass is 32.2. The molecule has 6 N–H and O–H groups in total. The topological polar surface area (TPSA) is 180 Å². The van der Waals surface area contributed by atoms with Crippen LogP contribution in [0.2, 0.25) is 0 Å². The summed E-state index contributed by atoms with van der Waals surface area (Å²) in [6, 6.07) is 5.75. The summed E-state index contributed by atoms with van der Waals surface area (Å²) in [6.45, 7) is 0.964. The summed E-state index contributed by atoms with van der Waals surface area (Å²) in [5.74, 6) is -3.53. The van der Waals surface area contributed by atoms with Crippen molar-refractivity contribution < 1.29 is 38.4 Å². The van der Waals surface area contributed by atoms with E-state index >= 15 is 0 Å². The first-order valence-electron chi connectivity index (χ1n) is 8.84. The molecule has 30 heavy (non-hydrogen) atoms. The van der Waals surface area contributed by atoms with E-state index in [9.17, 15) is 18.0 Å². The van der Waals surface area contributed by atoms with Crippen LogP contribution in [-0.4, -0.2) is 90.6 Å². The van der Waals surface area contributed by atoms with Crippen molar-refractivity contribution in [3.05, 3.63) is 35.5 Å². The van der Waals surface area contributed by atoms with E-state index in [0.29, 0.717) is 0 Å². The summed E-state index contributed by atoms with van der Waals surface area (Å²) in [5.41, 5.74) is 3.07. The Hall–Kier alpha value is -2.51. The summed E-state index contributed by atoms with van der Waals surface area (Å²) in [4.78, 5) is 24.9. The van der Waals surface area contributed by atoms with Crippen LogP contribution in [-0.2, 0) is 31.8 Å². The third kappa shape index (κ3) is 7.72. The van der Waals surface area contributed by atoms with Gasteiger partial charge in [0.05, 0.1) is 5.75 Å². The highest BCUT2D eigenvalue weighted by molar-refractivity contribution is 7.88. The van der Waals surface area contributed by atoms with Crippen molar-refractivity contribution in [3.8, 4) is 0 Å². The summed E-state index contributed by atoms with van der Waals surface area (Å²) in [5, 5.41) is 33.6. The molecular formula is C18H27N3O8S.